The maximum atomic E-state index is 13.7. The standard InChI is InChI=1S/C24H34N2O6/c1-29-14-12-25(13-15-30-2)22-21(17-10-11-19(31-3)20(16-17)32-4)23(27)26(24(22)28)18-8-6-5-7-9-18/h10-11,16,18H,5-9,12-15H2,1-4H3. The van der Waals surface area contributed by atoms with Gasteiger partial charge in [-0.05, 0) is 30.5 Å². The molecule has 0 atom stereocenters. The Morgan fingerprint density at radius 2 is 1.50 bits per heavy atom. The topological polar surface area (TPSA) is 77.5 Å². The highest BCUT2D eigenvalue weighted by atomic mass is 16.5. The van der Waals surface area contributed by atoms with E-state index < -0.39 is 0 Å². The Morgan fingerprint density at radius 3 is 2.06 bits per heavy atom. The van der Waals surface area contributed by atoms with Crippen molar-refractivity contribution in [2.45, 2.75) is 38.1 Å². The highest BCUT2D eigenvalue weighted by Crippen LogP contribution is 2.38. The Balaban J connectivity index is 2.09. The number of imide groups is 1. The number of hydrogen-bond acceptors (Lipinski definition) is 7. The number of ether oxygens (including phenoxy) is 4. The summed E-state index contributed by atoms with van der Waals surface area (Å²) in [7, 11) is 6.35. The van der Waals surface area contributed by atoms with Crippen LogP contribution in [0.15, 0.2) is 23.9 Å². The van der Waals surface area contributed by atoms with Gasteiger partial charge in [-0.3, -0.25) is 14.5 Å². The average Bonchev–Trinajstić information content (AvgIpc) is 3.09. The molecular formula is C24H34N2O6. The molecule has 0 saturated heterocycles. The first-order valence-corrected chi connectivity index (χ1v) is 11.1. The van der Waals surface area contributed by atoms with Gasteiger partial charge < -0.3 is 23.8 Å². The maximum absolute atomic E-state index is 13.7. The number of amides is 2. The minimum Gasteiger partial charge on any atom is -0.493 e. The smallest absolute Gasteiger partial charge is 0.278 e. The van der Waals surface area contributed by atoms with E-state index in [-0.39, 0.29) is 17.9 Å². The molecule has 0 spiro atoms. The first kappa shape index (κ1) is 24.1. The van der Waals surface area contributed by atoms with E-state index in [9.17, 15) is 9.59 Å². The van der Waals surface area contributed by atoms with Crippen molar-refractivity contribution in [2.24, 2.45) is 0 Å². The van der Waals surface area contributed by atoms with Crippen LogP contribution in [-0.4, -0.2) is 82.4 Å². The normalized spacial score (nSPS) is 17.3. The summed E-state index contributed by atoms with van der Waals surface area (Å²) in [6.07, 6.45) is 4.89. The third kappa shape index (κ3) is 4.91. The van der Waals surface area contributed by atoms with Crippen molar-refractivity contribution in [1.82, 2.24) is 9.80 Å². The van der Waals surface area contributed by atoms with Gasteiger partial charge in [0.05, 0.1) is 33.0 Å². The summed E-state index contributed by atoms with van der Waals surface area (Å²) in [5, 5.41) is 0. The molecule has 1 aromatic rings. The second-order valence-electron chi connectivity index (χ2n) is 8.04. The molecule has 8 heteroatoms. The summed E-state index contributed by atoms with van der Waals surface area (Å²) in [5.41, 5.74) is 1.43. The number of benzene rings is 1. The van der Waals surface area contributed by atoms with Crippen LogP contribution >= 0.6 is 0 Å². The fourth-order valence-corrected chi connectivity index (χ4v) is 4.49. The molecule has 0 bridgehead atoms. The van der Waals surface area contributed by atoms with Gasteiger partial charge in [-0.2, -0.15) is 0 Å². The highest BCUT2D eigenvalue weighted by Gasteiger charge is 2.45. The van der Waals surface area contributed by atoms with Gasteiger partial charge >= 0.3 is 0 Å². The van der Waals surface area contributed by atoms with Crippen molar-refractivity contribution in [3.63, 3.8) is 0 Å². The van der Waals surface area contributed by atoms with Crippen molar-refractivity contribution in [2.75, 3.05) is 54.7 Å². The molecule has 0 N–H and O–H groups in total. The minimum atomic E-state index is -0.246. The SMILES string of the molecule is COCCN(CCOC)C1=C(c2ccc(OC)c(OC)c2)C(=O)N(C2CCCCC2)C1=O. The van der Waals surface area contributed by atoms with Crippen LogP contribution in [0.4, 0.5) is 0 Å². The molecule has 176 valence electrons. The van der Waals surface area contributed by atoms with E-state index in [1.54, 1.807) is 46.6 Å². The van der Waals surface area contributed by atoms with E-state index in [4.69, 9.17) is 18.9 Å². The first-order chi connectivity index (χ1) is 15.6. The number of nitrogens with zero attached hydrogens (tertiary/aromatic N) is 2. The van der Waals surface area contributed by atoms with Crippen molar-refractivity contribution in [1.29, 1.82) is 0 Å². The Labute approximate surface area is 190 Å². The van der Waals surface area contributed by atoms with Crippen molar-refractivity contribution >= 4 is 17.4 Å². The maximum Gasteiger partial charge on any atom is 0.278 e. The fraction of sp³-hybridized carbons (Fsp3) is 0.583. The molecule has 1 saturated carbocycles. The van der Waals surface area contributed by atoms with Crippen LogP contribution in [0.3, 0.4) is 0 Å². The van der Waals surface area contributed by atoms with E-state index in [0.717, 1.165) is 32.1 Å². The number of hydrogen-bond donors (Lipinski definition) is 0. The Hall–Kier alpha value is -2.58. The summed E-state index contributed by atoms with van der Waals surface area (Å²) in [6, 6.07) is 5.25. The van der Waals surface area contributed by atoms with Gasteiger partial charge in [-0.15, -0.1) is 0 Å². The molecule has 0 radical (unpaired) electrons. The molecule has 0 aromatic heterocycles. The predicted octanol–water partition coefficient (Wildman–Crippen LogP) is 2.71. The summed E-state index contributed by atoms with van der Waals surface area (Å²) in [6.45, 7) is 1.81. The molecule has 2 amide bonds. The lowest BCUT2D eigenvalue weighted by molar-refractivity contribution is -0.141. The molecule has 1 heterocycles. The zero-order valence-electron chi connectivity index (χ0n) is 19.5. The van der Waals surface area contributed by atoms with Crippen LogP contribution in [0.25, 0.3) is 5.57 Å². The molecule has 0 unspecified atom stereocenters. The quantitative estimate of drug-likeness (QED) is 0.484. The predicted molar refractivity (Wildman–Crippen MR) is 121 cm³/mol. The molecule has 8 nitrogen and oxygen atoms in total. The van der Waals surface area contributed by atoms with Crippen LogP contribution in [0, 0.1) is 0 Å². The number of rotatable bonds is 11. The molecule has 1 fully saturated rings. The van der Waals surface area contributed by atoms with Crippen LogP contribution in [-0.2, 0) is 19.1 Å². The van der Waals surface area contributed by atoms with Gasteiger partial charge in [0.15, 0.2) is 11.5 Å². The van der Waals surface area contributed by atoms with Gasteiger partial charge in [0, 0.05) is 33.4 Å². The third-order valence-electron chi connectivity index (χ3n) is 6.15. The van der Waals surface area contributed by atoms with E-state index in [2.05, 4.69) is 0 Å². The Morgan fingerprint density at radius 1 is 0.875 bits per heavy atom. The van der Waals surface area contributed by atoms with Crippen LogP contribution in [0.5, 0.6) is 11.5 Å². The third-order valence-corrected chi connectivity index (χ3v) is 6.15. The number of methoxy groups -OCH3 is 4. The first-order valence-electron chi connectivity index (χ1n) is 11.1. The second-order valence-corrected chi connectivity index (χ2v) is 8.04. The molecule has 1 aliphatic heterocycles. The molecule has 1 aromatic carbocycles. The van der Waals surface area contributed by atoms with Gasteiger partial charge in [0.25, 0.3) is 11.8 Å². The Kier molecular flexibility index (Phi) is 8.53. The zero-order valence-corrected chi connectivity index (χ0v) is 19.5. The lowest BCUT2D eigenvalue weighted by Crippen LogP contribution is -2.44. The monoisotopic (exact) mass is 446 g/mol. The number of carbonyl (C=O) groups is 2. The lowest BCUT2D eigenvalue weighted by atomic mass is 9.94. The van der Waals surface area contributed by atoms with E-state index >= 15 is 0 Å². The average molecular weight is 447 g/mol. The summed E-state index contributed by atoms with van der Waals surface area (Å²) in [4.78, 5) is 30.8. The fourth-order valence-electron chi connectivity index (χ4n) is 4.49. The molecule has 1 aliphatic carbocycles. The number of carbonyl (C=O) groups excluding carboxylic acids is 2. The van der Waals surface area contributed by atoms with Gasteiger partial charge in [-0.25, -0.2) is 0 Å². The summed E-state index contributed by atoms with van der Waals surface area (Å²) >= 11 is 0. The lowest BCUT2D eigenvalue weighted by Gasteiger charge is -2.31. The molecular weight excluding hydrogens is 412 g/mol. The van der Waals surface area contributed by atoms with Crippen LogP contribution in [0.1, 0.15) is 37.7 Å². The zero-order chi connectivity index (χ0) is 23.1. The molecule has 2 aliphatic rings. The van der Waals surface area contributed by atoms with Gasteiger partial charge in [0.1, 0.15) is 5.70 Å². The molecule has 32 heavy (non-hydrogen) atoms. The van der Waals surface area contributed by atoms with Crippen molar-refractivity contribution in [3.8, 4) is 11.5 Å². The minimum absolute atomic E-state index is 0.0666. The van der Waals surface area contributed by atoms with Crippen molar-refractivity contribution < 1.29 is 28.5 Å². The summed E-state index contributed by atoms with van der Waals surface area (Å²) in [5.74, 6) is 0.589. The Bertz CT molecular complexity index is 839. The van der Waals surface area contributed by atoms with E-state index in [1.807, 2.05) is 4.90 Å². The van der Waals surface area contributed by atoms with Gasteiger partial charge in [-0.1, -0.05) is 25.3 Å². The van der Waals surface area contributed by atoms with Crippen LogP contribution < -0.4 is 9.47 Å². The summed E-state index contributed by atoms with van der Waals surface area (Å²) < 4.78 is 21.4. The van der Waals surface area contributed by atoms with Crippen molar-refractivity contribution in [3.05, 3.63) is 29.5 Å². The second kappa shape index (κ2) is 11.3. The van der Waals surface area contributed by atoms with Gasteiger partial charge in [0.2, 0.25) is 0 Å². The highest BCUT2D eigenvalue weighted by molar-refractivity contribution is 6.35. The largest absolute Gasteiger partial charge is 0.493 e. The van der Waals surface area contributed by atoms with E-state index in [0.29, 0.717) is 54.6 Å². The van der Waals surface area contributed by atoms with Crippen LogP contribution in [0.2, 0.25) is 0 Å². The molecule has 3 rings (SSSR count). The van der Waals surface area contributed by atoms with E-state index in [1.165, 1.54) is 4.90 Å².